The number of hydrogen-bond donors (Lipinski definition) is 0. The van der Waals surface area contributed by atoms with Crippen LogP contribution in [-0.2, 0) is 0 Å². The Morgan fingerprint density at radius 3 is 2.19 bits per heavy atom. The molecule has 0 radical (unpaired) electrons. The van der Waals surface area contributed by atoms with Crippen molar-refractivity contribution in [3.8, 4) is 11.3 Å². The van der Waals surface area contributed by atoms with Crippen molar-refractivity contribution in [2.75, 3.05) is 0 Å². The van der Waals surface area contributed by atoms with Crippen molar-refractivity contribution in [1.29, 1.82) is 0 Å². The van der Waals surface area contributed by atoms with Crippen molar-refractivity contribution in [3.63, 3.8) is 0 Å². The van der Waals surface area contributed by atoms with Gasteiger partial charge in [-0.3, -0.25) is 0 Å². The quantitative estimate of drug-likeness (QED) is 0.467. The molecular formula is C19H18N2. The molecular weight excluding hydrogens is 256 g/mol. The van der Waals surface area contributed by atoms with Gasteiger partial charge in [-0.25, -0.2) is 4.52 Å². The first-order chi connectivity index (χ1) is 10.4. The molecule has 2 aromatic carbocycles. The van der Waals surface area contributed by atoms with Crippen LogP contribution < -0.4 is 0 Å². The van der Waals surface area contributed by atoms with E-state index < -0.39 is 0 Å². The summed E-state index contributed by atoms with van der Waals surface area (Å²) in [5, 5.41) is 7.10. The van der Waals surface area contributed by atoms with Gasteiger partial charge in [-0.2, -0.15) is 5.10 Å². The summed E-state index contributed by atoms with van der Waals surface area (Å²) in [7, 11) is 0. The van der Waals surface area contributed by atoms with Gasteiger partial charge in [-0.05, 0) is 17.5 Å². The van der Waals surface area contributed by atoms with E-state index in [9.17, 15) is 0 Å². The zero-order valence-electron chi connectivity index (χ0n) is 12.3. The van der Waals surface area contributed by atoms with Crippen LogP contribution >= 0.6 is 0 Å². The number of nitrogens with zero attached hydrogens (tertiary/aromatic N) is 2. The second kappa shape index (κ2) is 5.80. The first-order valence-corrected chi connectivity index (χ1v) is 7.34. The molecule has 2 aromatic heterocycles. The van der Waals surface area contributed by atoms with Crippen LogP contribution in [0.25, 0.3) is 27.5 Å². The average Bonchev–Trinajstić information content (AvgIpc) is 2.98. The molecule has 2 nitrogen and oxygen atoms in total. The third-order valence-corrected chi connectivity index (χ3v) is 3.39. The van der Waals surface area contributed by atoms with Crippen LogP contribution in [0.2, 0.25) is 0 Å². The van der Waals surface area contributed by atoms with Crippen molar-refractivity contribution in [3.05, 3.63) is 72.9 Å². The minimum Gasteiger partial charge on any atom is -0.240 e. The van der Waals surface area contributed by atoms with Gasteiger partial charge in [0.15, 0.2) is 0 Å². The monoisotopic (exact) mass is 274 g/mol. The number of pyridine rings is 1. The topological polar surface area (TPSA) is 17.3 Å². The number of benzene rings is 2. The fourth-order valence-corrected chi connectivity index (χ4v) is 2.42. The van der Waals surface area contributed by atoms with E-state index in [1.54, 1.807) is 0 Å². The largest absolute Gasteiger partial charge is 0.240 e. The summed E-state index contributed by atoms with van der Waals surface area (Å²) in [6.07, 6.45) is 2.08. The fourth-order valence-electron chi connectivity index (χ4n) is 2.42. The Morgan fingerprint density at radius 2 is 1.43 bits per heavy atom. The average molecular weight is 274 g/mol. The molecule has 0 spiro atoms. The lowest BCUT2D eigenvalue weighted by molar-refractivity contribution is 0.974. The van der Waals surface area contributed by atoms with Gasteiger partial charge in [0.25, 0.3) is 0 Å². The predicted molar refractivity (Wildman–Crippen MR) is 89.5 cm³/mol. The molecule has 0 N–H and O–H groups in total. The van der Waals surface area contributed by atoms with Crippen LogP contribution in [0.5, 0.6) is 0 Å². The molecule has 2 heteroatoms. The van der Waals surface area contributed by atoms with Crippen molar-refractivity contribution in [2.24, 2.45) is 0 Å². The molecule has 0 atom stereocenters. The summed E-state index contributed by atoms with van der Waals surface area (Å²) >= 11 is 0. The predicted octanol–water partition coefficient (Wildman–Crippen LogP) is 5.18. The summed E-state index contributed by atoms with van der Waals surface area (Å²) in [6.45, 7) is 4.00. The van der Waals surface area contributed by atoms with Crippen molar-refractivity contribution < 1.29 is 0 Å². The zero-order chi connectivity index (χ0) is 14.7. The molecule has 0 amide bonds. The second-order valence-corrected chi connectivity index (χ2v) is 4.67. The van der Waals surface area contributed by atoms with E-state index in [-0.39, 0.29) is 0 Å². The number of aromatic nitrogens is 2. The highest BCUT2D eigenvalue weighted by Gasteiger charge is 2.04. The summed E-state index contributed by atoms with van der Waals surface area (Å²) in [5.74, 6) is 0. The van der Waals surface area contributed by atoms with Crippen LogP contribution in [-0.4, -0.2) is 9.61 Å². The van der Waals surface area contributed by atoms with Gasteiger partial charge < -0.3 is 0 Å². The van der Waals surface area contributed by atoms with E-state index in [1.807, 2.05) is 36.6 Å². The third-order valence-electron chi connectivity index (χ3n) is 3.39. The molecule has 0 aliphatic rings. The zero-order valence-corrected chi connectivity index (χ0v) is 12.3. The smallest absolute Gasteiger partial charge is 0.0933 e. The Bertz CT molecular complexity index is 808. The SMILES string of the molecule is CC.c1ccc(-c2cc3cc4ccccc4cn3n2)cc1. The molecule has 4 rings (SSSR count). The maximum absolute atomic E-state index is 4.65. The number of fused-ring (bicyclic) bond motifs is 2. The third kappa shape index (κ3) is 2.52. The lowest BCUT2D eigenvalue weighted by atomic mass is 10.1. The molecule has 0 bridgehead atoms. The van der Waals surface area contributed by atoms with Crippen LogP contribution in [0.4, 0.5) is 0 Å². The Hall–Kier alpha value is -2.61. The van der Waals surface area contributed by atoms with Crippen LogP contribution in [0.3, 0.4) is 0 Å². The van der Waals surface area contributed by atoms with Crippen molar-refractivity contribution >= 4 is 16.3 Å². The van der Waals surface area contributed by atoms with E-state index in [0.717, 1.165) is 16.8 Å². The second-order valence-electron chi connectivity index (χ2n) is 4.67. The summed E-state index contributed by atoms with van der Waals surface area (Å²) in [6, 6.07) is 22.9. The molecule has 104 valence electrons. The lowest BCUT2D eigenvalue weighted by Gasteiger charge is -1.98. The molecule has 4 aromatic rings. The molecule has 0 fully saturated rings. The molecule has 21 heavy (non-hydrogen) atoms. The summed E-state index contributed by atoms with van der Waals surface area (Å²) in [5.41, 5.74) is 3.28. The first-order valence-electron chi connectivity index (χ1n) is 7.34. The van der Waals surface area contributed by atoms with Gasteiger partial charge in [-0.1, -0.05) is 68.4 Å². The van der Waals surface area contributed by atoms with Gasteiger partial charge in [0.1, 0.15) is 0 Å². The Morgan fingerprint density at radius 1 is 0.762 bits per heavy atom. The summed E-state index contributed by atoms with van der Waals surface area (Å²) in [4.78, 5) is 0. The molecule has 0 aliphatic heterocycles. The number of hydrogen-bond acceptors (Lipinski definition) is 1. The van der Waals surface area contributed by atoms with Gasteiger partial charge in [0, 0.05) is 17.1 Å². The van der Waals surface area contributed by atoms with Crippen molar-refractivity contribution in [1.82, 2.24) is 9.61 Å². The van der Waals surface area contributed by atoms with Crippen LogP contribution in [0, 0.1) is 0 Å². The van der Waals surface area contributed by atoms with E-state index in [4.69, 9.17) is 0 Å². The van der Waals surface area contributed by atoms with E-state index in [0.29, 0.717) is 0 Å². The minimum atomic E-state index is 1.01. The lowest BCUT2D eigenvalue weighted by Crippen LogP contribution is -1.87. The highest BCUT2D eigenvalue weighted by molar-refractivity contribution is 5.86. The summed E-state index contributed by atoms with van der Waals surface area (Å²) < 4.78 is 1.95. The molecule has 0 saturated heterocycles. The maximum atomic E-state index is 4.65. The van der Waals surface area contributed by atoms with Gasteiger partial charge in [0.2, 0.25) is 0 Å². The van der Waals surface area contributed by atoms with Gasteiger partial charge in [0.05, 0.1) is 11.2 Å². The van der Waals surface area contributed by atoms with E-state index >= 15 is 0 Å². The molecule has 0 saturated carbocycles. The molecule has 0 aliphatic carbocycles. The Labute approximate surface area is 124 Å². The fraction of sp³-hybridized carbons (Fsp3) is 0.105. The molecule has 0 unspecified atom stereocenters. The minimum absolute atomic E-state index is 1.01. The van der Waals surface area contributed by atoms with Crippen LogP contribution in [0.1, 0.15) is 13.8 Å². The van der Waals surface area contributed by atoms with Crippen molar-refractivity contribution in [2.45, 2.75) is 13.8 Å². The van der Waals surface area contributed by atoms with Gasteiger partial charge >= 0.3 is 0 Å². The van der Waals surface area contributed by atoms with E-state index in [1.165, 1.54) is 10.8 Å². The molecule has 2 heterocycles. The highest BCUT2D eigenvalue weighted by Crippen LogP contribution is 2.22. The standard InChI is InChI=1S/C17H12N2.C2H6/c1-2-6-13(7-3-1)17-11-16-10-14-8-4-5-9-15(14)12-19(16)18-17;1-2/h1-12H;1-2H3. The first kappa shape index (κ1) is 13.4. The highest BCUT2D eigenvalue weighted by atomic mass is 15.2. The van der Waals surface area contributed by atoms with Gasteiger partial charge in [-0.15, -0.1) is 0 Å². The van der Waals surface area contributed by atoms with E-state index in [2.05, 4.69) is 59.8 Å². The number of rotatable bonds is 1. The Balaban J connectivity index is 0.000000636. The maximum Gasteiger partial charge on any atom is 0.0933 e. The normalized spacial score (nSPS) is 10.4. The Kier molecular flexibility index (Phi) is 3.69. The van der Waals surface area contributed by atoms with Crippen LogP contribution in [0.15, 0.2) is 72.9 Å².